The first-order chi connectivity index (χ1) is 11.9. The second-order valence-corrected chi connectivity index (χ2v) is 12.9. The average molecular weight is 499 g/mol. The molecule has 2 rings (SSSR count). The summed E-state index contributed by atoms with van der Waals surface area (Å²) in [5.41, 5.74) is 0. The Morgan fingerprint density at radius 2 is 0.615 bits per heavy atom. The van der Waals surface area contributed by atoms with Crippen LogP contribution in [0.2, 0.25) is 3.86 Å². The number of hydrogen-bond donors (Lipinski definition) is 0. The molecule has 0 unspecified atom stereocenters. The fraction of sp³-hybridized carbons (Fsp3) is 0.200. The fourth-order valence-corrected chi connectivity index (χ4v) is 9.36. The minimum atomic E-state index is -4.70. The summed E-state index contributed by atoms with van der Waals surface area (Å²) in [6, 6.07) is 0. The Morgan fingerprint density at radius 1 is 0.423 bits per heavy atom. The third-order valence-corrected chi connectivity index (χ3v) is 11.3. The molecule has 26 heavy (non-hydrogen) atoms. The van der Waals surface area contributed by atoms with Crippen LogP contribution in [-0.2, 0) is 0 Å². The third-order valence-electron chi connectivity index (χ3n) is 3.37. The molecule has 0 fully saturated rings. The van der Waals surface area contributed by atoms with Crippen LogP contribution in [0.15, 0.2) is 0 Å². The number of halogens is 10. The quantitative estimate of drug-likeness (QED) is 0.259. The van der Waals surface area contributed by atoms with E-state index in [1.165, 1.54) is 0 Å². The van der Waals surface area contributed by atoms with Crippen LogP contribution in [0, 0.1) is 58.2 Å². The van der Waals surface area contributed by atoms with Crippen LogP contribution in [0.4, 0.5) is 43.9 Å². The van der Waals surface area contributed by atoms with Crippen molar-refractivity contribution in [1.29, 1.82) is 0 Å². The van der Waals surface area contributed by atoms with Crippen molar-refractivity contribution in [3.8, 4) is 0 Å². The van der Waals surface area contributed by atoms with Gasteiger partial charge in [-0.2, -0.15) is 0 Å². The molecule has 0 radical (unpaired) electrons. The van der Waals surface area contributed by atoms with Crippen LogP contribution < -0.4 is 7.02 Å². The molecular formula is C15H7F10Sb. The van der Waals surface area contributed by atoms with Crippen molar-refractivity contribution in [1.82, 2.24) is 0 Å². The van der Waals surface area contributed by atoms with Crippen molar-refractivity contribution in [3.05, 3.63) is 58.2 Å². The zero-order valence-corrected chi connectivity index (χ0v) is 15.4. The molecule has 0 N–H and O–H groups in total. The molecule has 2 aromatic carbocycles. The van der Waals surface area contributed by atoms with Gasteiger partial charge in [-0.15, -0.1) is 0 Å². The van der Waals surface area contributed by atoms with Gasteiger partial charge in [0.25, 0.3) is 0 Å². The average Bonchev–Trinajstić information content (AvgIpc) is 2.60. The van der Waals surface area contributed by atoms with Gasteiger partial charge in [-0.25, -0.2) is 0 Å². The molecule has 0 saturated heterocycles. The van der Waals surface area contributed by atoms with E-state index in [2.05, 4.69) is 0 Å². The molecule has 142 valence electrons. The van der Waals surface area contributed by atoms with Gasteiger partial charge in [0.05, 0.1) is 0 Å². The SMILES string of the molecule is C[CH](C)[Sb]([c]1c(F)c(F)c(F)c(F)c1F)[c]1c(F)c(F)c(F)c(F)c1F. The van der Waals surface area contributed by atoms with Crippen molar-refractivity contribution < 1.29 is 43.9 Å². The van der Waals surface area contributed by atoms with Crippen LogP contribution in [0.3, 0.4) is 0 Å². The number of rotatable bonds is 3. The molecule has 0 atom stereocenters. The van der Waals surface area contributed by atoms with Crippen LogP contribution in [0.25, 0.3) is 0 Å². The Labute approximate surface area is 147 Å². The predicted molar refractivity (Wildman–Crippen MR) is 72.6 cm³/mol. The van der Waals surface area contributed by atoms with E-state index in [0.717, 1.165) is 13.8 Å². The molecule has 0 aromatic heterocycles. The fourth-order valence-electron chi connectivity index (χ4n) is 2.24. The van der Waals surface area contributed by atoms with Crippen molar-refractivity contribution in [3.63, 3.8) is 0 Å². The van der Waals surface area contributed by atoms with E-state index in [4.69, 9.17) is 0 Å². The molecule has 0 aliphatic rings. The van der Waals surface area contributed by atoms with Gasteiger partial charge in [-0.1, -0.05) is 0 Å². The van der Waals surface area contributed by atoms with Crippen molar-refractivity contribution in [2.75, 3.05) is 0 Å². The third kappa shape index (κ3) is 3.06. The van der Waals surface area contributed by atoms with Gasteiger partial charge in [0, 0.05) is 0 Å². The van der Waals surface area contributed by atoms with Crippen LogP contribution in [0.1, 0.15) is 13.8 Å². The molecular weight excluding hydrogens is 492 g/mol. The zero-order chi connectivity index (χ0) is 20.1. The van der Waals surface area contributed by atoms with E-state index in [1.807, 2.05) is 0 Å². The molecule has 0 amide bonds. The minimum absolute atomic E-state index is 1.12. The first kappa shape index (κ1) is 20.9. The van der Waals surface area contributed by atoms with Gasteiger partial charge in [0.1, 0.15) is 0 Å². The monoisotopic (exact) mass is 498 g/mol. The summed E-state index contributed by atoms with van der Waals surface area (Å²) in [6.45, 7) is 2.25. The van der Waals surface area contributed by atoms with E-state index in [1.54, 1.807) is 0 Å². The summed E-state index contributed by atoms with van der Waals surface area (Å²) < 4.78 is 132. The van der Waals surface area contributed by atoms with E-state index in [-0.39, 0.29) is 0 Å². The Morgan fingerprint density at radius 3 is 0.808 bits per heavy atom. The summed E-state index contributed by atoms with van der Waals surface area (Å²) in [5.74, 6) is -23.8. The van der Waals surface area contributed by atoms with E-state index < -0.39 is 89.3 Å². The van der Waals surface area contributed by atoms with E-state index in [9.17, 15) is 43.9 Å². The van der Waals surface area contributed by atoms with Gasteiger partial charge >= 0.3 is 147 Å². The van der Waals surface area contributed by atoms with Gasteiger partial charge in [-0.3, -0.25) is 0 Å². The van der Waals surface area contributed by atoms with Gasteiger partial charge in [-0.05, 0) is 0 Å². The normalized spacial score (nSPS) is 11.8. The van der Waals surface area contributed by atoms with Gasteiger partial charge in [0.15, 0.2) is 0 Å². The second kappa shape index (κ2) is 7.29. The van der Waals surface area contributed by atoms with Gasteiger partial charge in [0.2, 0.25) is 0 Å². The summed E-state index contributed by atoms with van der Waals surface area (Å²) in [4.78, 5) is 0. The molecule has 0 nitrogen and oxygen atoms in total. The summed E-state index contributed by atoms with van der Waals surface area (Å²) in [7, 11) is 0. The Bertz CT molecular complexity index is 765. The van der Waals surface area contributed by atoms with Crippen LogP contribution in [0.5, 0.6) is 0 Å². The zero-order valence-electron chi connectivity index (χ0n) is 12.8. The Hall–Kier alpha value is -1.44. The van der Waals surface area contributed by atoms with E-state index in [0.29, 0.717) is 0 Å². The maximum atomic E-state index is 14.1. The Kier molecular flexibility index (Phi) is 5.85. The maximum absolute atomic E-state index is 14.1. The molecule has 0 bridgehead atoms. The summed E-state index contributed by atoms with van der Waals surface area (Å²) in [5, 5.41) is 0. The summed E-state index contributed by atoms with van der Waals surface area (Å²) >= 11 is -4.70. The summed E-state index contributed by atoms with van der Waals surface area (Å²) in [6.07, 6.45) is 0. The van der Waals surface area contributed by atoms with Crippen molar-refractivity contribution in [2.24, 2.45) is 0 Å². The molecule has 0 saturated carbocycles. The standard InChI is InChI=1S/2C6F5.C3H7.Sb/c2*7-2-1-3(8)5(10)6(11)4(2)9;1-3-2;/h;;3H,1-2H3;. The molecule has 2 aromatic rings. The van der Waals surface area contributed by atoms with Crippen LogP contribution >= 0.6 is 0 Å². The predicted octanol–water partition coefficient (Wildman–Crippen LogP) is 4.10. The first-order valence-electron chi connectivity index (χ1n) is 6.75. The Balaban J connectivity index is 2.96. The van der Waals surface area contributed by atoms with Gasteiger partial charge < -0.3 is 0 Å². The molecule has 0 spiro atoms. The number of benzene rings is 2. The molecule has 0 aliphatic carbocycles. The van der Waals surface area contributed by atoms with E-state index >= 15 is 0 Å². The van der Waals surface area contributed by atoms with Crippen LogP contribution in [-0.4, -0.2) is 20.2 Å². The molecule has 0 aliphatic heterocycles. The topological polar surface area (TPSA) is 0 Å². The second-order valence-electron chi connectivity index (χ2n) is 5.30. The molecule has 11 heteroatoms. The van der Waals surface area contributed by atoms with Crippen molar-refractivity contribution in [2.45, 2.75) is 17.7 Å². The molecule has 0 heterocycles. The number of hydrogen-bond acceptors (Lipinski definition) is 0. The first-order valence-corrected chi connectivity index (χ1v) is 10.8. The van der Waals surface area contributed by atoms with Crippen molar-refractivity contribution >= 4 is 27.2 Å².